The predicted octanol–water partition coefficient (Wildman–Crippen LogP) is 4.06. The molecule has 0 spiro atoms. The number of alkyl halides is 1. The highest BCUT2D eigenvalue weighted by Crippen LogP contribution is 2.36. The van der Waals surface area contributed by atoms with Crippen LogP contribution in [-0.2, 0) is 15.9 Å². The molecule has 104 valence electrons. The van der Waals surface area contributed by atoms with Gasteiger partial charge >= 0.3 is 0 Å². The van der Waals surface area contributed by atoms with Gasteiger partial charge in [-0.25, -0.2) is 8.42 Å². The van der Waals surface area contributed by atoms with Crippen molar-refractivity contribution in [2.45, 2.75) is 43.5 Å². The fourth-order valence-corrected chi connectivity index (χ4v) is 5.63. The van der Waals surface area contributed by atoms with Gasteiger partial charge in [0.1, 0.15) is 4.90 Å². The molecule has 0 aliphatic rings. The molecule has 1 heterocycles. The highest BCUT2D eigenvalue weighted by atomic mass is 79.9. The second kappa shape index (κ2) is 5.79. The molecule has 0 N–H and O–H groups in total. The Hall–Kier alpha value is 0.380. The lowest BCUT2D eigenvalue weighted by Crippen LogP contribution is -2.44. The summed E-state index contributed by atoms with van der Waals surface area (Å²) >= 11 is 10.4. The predicted molar refractivity (Wildman–Crippen MR) is 80.9 cm³/mol. The van der Waals surface area contributed by atoms with Crippen molar-refractivity contribution in [3.05, 3.63) is 14.7 Å². The third kappa shape index (κ3) is 3.10. The lowest BCUT2D eigenvalue weighted by atomic mass is 10.0. The fraction of sp³-hybridized carbons (Fsp3) is 0.636. The van der Waals surface area contributed by atoms with Crippen LogP contribution >= 0.6 is 38.9 Å². The van der Waals surface area contributed by atoms with Crippen molar-refractivity contribution in [1.82, 2.24) is 4.31 Å². The van der Waals surface area contributed by atoms with Crippen LogP contribution in [0.5, 0.6) is 0 Å². The molecule has 3 nitrogen and oxygen atoms in total. The SMILES string of the molecule is CCC(C)(C)N(C)S(=O)(=O)c1cc(CCl)sc1Br. The van der Waals surface area contributed by atoms with E-state index in [-0.39, 0.29) is 0 Å². The molecule has 0 saturated heterocycles. The van der Waals surface area contributed by atoms with E-state index < -0.39 is 15.6 Å². The van der Waals surface area contributed by atoms with E-state index in [1.165, 1.54) is 15.6 Å². The van der Waals surface area contributed by atoms with Crippen molar-refractivity contribution < 1.29 is 8.42 Å². The molecule has 0 bridgehead atoms. The number of halogens is 2. The van der Waals surface area contributed by atoms with Gasteiger partial charge in [0.2, 0.25) is 10.0 Å². The van der Waals surface area contributed by atoms with Crippen molar-refractivity contribution in [3.63, 3.8) is 0 Å². The molecule has 0 aromatic carbocycles. The summed E-state index contributed by atoms with van der Waals surface area (Å²) in [4.78, 5) is 1.14. The Labute approximate surface area is 126 Å². The minimum absolute atomic E-state index is 0.298. The zero-order valence-corrected chi connectivity index (χ0v) is 14.8. The molecule has 0 aliphatic heterocycles. The van der Waals surface area contributed by atoms with Crippen LogP contribution in [0.2, 0.25) is 0 Å². The Bertz CT molecular complexity index is 525. The van der Waals surface area contributed by atoms with E-state index in [2.05, 4.69) is 15.9 Å². The molecule has 7 heteroatoms. The normalized spacial score (nSPS) is 13.3. The van der Waals surface area contributed by atoms with Crippen LogP contribution in [0.25, 0.3) is 0 Å². The summed E-state index contributed by atoms with van der Waals surface area (Å²) in [6, 6.07) is 1.64. The van der Waals surface area contributed by atoms with E-state index in [0.29, 0.717) is 14.6 Å². The first-order chi connectivity index (χ1) is 8.16. The summed E-state index contributed by atoms with van der Waals surface area (Å²) in [5.41, 5.74) is -0.415. The summed E-state index contributed by atoms with van der Waals surface area (Å²) in [7, 11) is -1.88. The highest BCUT2D eigenvalue weighted by molar-refractivity contribution is 9.11. The molecule has 0 atom stereocenters. The summed E-state index contributed by atoms with van der Waals surface area (Å²) in [5, 5.41) is 0. The van der Waals surface area contributed by atoms with E-state index in [1.54, 1.807) is 13.1 Å². The Kier molecular flexibility index (Phi) is 5.29. The molecule has 0 amide bonds. The molecular weight excluding hydrogens is 358 g/mol. The van der Waals surface area contributed by atoms with E-state index in [0.717, 1.165) is 11.3 Å². The van der Waals surface area contributed by atoms with Crippen LogP contribution < -0.4 is 0 Å². The van der Waals surface area contributed by atoms with Crippen LogP contribution in [-0.4, -0.2) is 25.3 Å². The van der Waals surface area contributed by atoms with Crippen LogP contribution in [0.1, 0.15) is 32.1 Å². The van der Waals surface area contributed by atoms with Gasteiger partial charge in [-0.05, 0) is 42.3 Å². The Morgan fingerprint density at radius 1 is 1.50 bits per heavy atom. The highest BCUT2D eigenvalue weighted by Gasteiger charge is 2.34. The third-order valence-corrected chi connectivity index (χ3v) is 7.96. The Morgan fingerprint density at radius 2 is 2.06 bits per heavy atom. The van der Waals surface area contributed by atoms with Gasteiger partial charge in [-0.2, -0.15) is 4.31 Å². The van der Waals surface area contributed by atoms with Gasteiger partial charge in [0.15, 0.2) is 0 Å². The van der Waals surface area contributed by atoms with Gasteiger partial charge in [-0.15, -0.1) is 22.9 Å². The van der Waals surface area contributed by atoms with Crippen molar-refractivity contribution in [1.29, 1.82) is 0 Å². The zero-order valence-electron chi connectivity index (χ0n) is 10.8. The van der Waals surface area contributed by atoms with Crippen molar-refractivity contribution in [2.75, 3.05) is 7.05 Å². The van der Waals surface area contributed by atoms with Gasteiger partial charge in [0.05, 0.1) is 9.67 Å². The third-order valence-electron chi connectivity index (χ3n) is 3.19. The molecule has 0 saturated carbocycles. The first kappa shape index (κ1) is 16.4. The van der Waals surface area contributed by atoms with Gasteiger partial charge < -0.3 is 0 Å². The summed E-state index contributed by atoms with van der Waals surface area (Å²) in [6.45, 7) is 5.79. The van der Waals surface area contributed by atoms with Crippen LogP contribution in [0, 0.1) is 0 Å². The summed E-state index contributed by atoms with van der Waals surface area (Å²) in [5.74, 6) is 0.319. The molecular formula is C11H17BrClNO2S2. The van der Waals surface area contributed by atoms with Crippen LogP contribution in [0.15, 0.2) is 14.7 Å². The van der Waals surface area contributed by atoms with Gasteiger partial charge in [0, 0.05) is 17.5 Å². The number of nitrogens with zero attached hydrogens (tertiary/aromatic N) is 1. The molecule has 0 aliphatic carbocycles. The van der Waals surface area contributed by atoms with Crippen molar-refractivity contribution >= 4 is 48.9 Å². The number of sulfonamides is 1. The van der Waals surface area contributed by atoms with Crippen LogP contribution in [0.4, 0.5) is 0 Å². The molecule has 1 aromatic rings. The van der Waals surface area contributed by atoms with E-state index in [9.17, 15) is 8.42 Å². The maximum Gasteiger partial charge on any atom is 0.245 e. The average Bonchev–Trinajstić information content (AvgIpc) is 2.70. The van der Waals surface area contributed by atoms with E-state index >= 15 is 0 Å². The summed E-state index contributed by atoms with van der Waals surface area (Å²) < 4.78 is 27.1. The second-order valence-electron chi connectivity index (χ2n) is 4.62. The van der Waals surface area contributed by atoms with Gasteiger partial charge in [-0.1, -0.05) is 6.92 Å². The Balaban J connectivity index is 3.25. The maximum absolute atomic E-state index is 12.5. The fourth-order valence-electron chi connectivity index (χ4n) is 1.34. The van der Waals surface area contributed by atoms with E-state index in [4.69, 9.17) is 11.6 Å². The smallest absolute Gasteiger partial charge is 0.207 e. The maximum atomic E-state index is 12.5. The zero-order chi connectivity index (χ0) is 14.1. The largest absolute Gasteiger partial charge is 0.245 e. The molecule has 1 aromatic heterocycles. The molecule has 18 heavy (non-hydrogen) atoms. The second-order valence-corrected chi connectivity index (χ2v) is 9.28. The van der Waals surface area contributed by atoms with Crippen molar-refractivity contribution in [2.24, 2.45) is 0 Å². The molecule has 1 rings (SSSR count). The number of hydrogen-bond acceptors (Lipinski definition) is 3. The van der Waals surface area contributed by atoms with Gasteiger partial charge in [0.25, 0.3) is 0 Å². The minimum atomic E-state index is -3.49. The number of hydrogen-bond donors (Lipinski definition) is 0. The number of rotatable bonds is 5. The lowest BCUT2D eigenvalue weighted by Gasteiger charge is -2.33. The Morgan fingerprint density at radius 3 is 2.44 bits per heavy atom. The monoisotopic (exact) mass is 373 g/mol. The minimum Gasteiger partial charge on any atom is -0.207 e. The topological polar surface area (TPSA) is 37.4 Å². The molecule has 0 radical (unpaired) electrons. The molecule has 0 unspecified atom stereocenters. The standard InChI is InChI=1S/C11H17BrClNO2S2/c1-5-11(2,3)14(4)18(15,16)9-6-8(7-13)17-10(9)12/h6H,5,7H2,1-4H3. The summed E-state index contributed by atoms with van der Waals surface area (Å²) in [6.07, 6.45) is 0.743. The van der Waals surface area contributed by atoms with E-state index in [1.807, 2.05) is 20.8 Å². The first-order valence-corrected chi connectivity index (χ1v) is 9.08. The van der Waals surface area contributed by atoms with Gasteiger partial charge in [-0.3, -0.25) is 0 Å². The average molecular weight is 375 g/mol. The number of thiophene rings is 1. The lowest BCUT2D eigenvalue weighted by molar-refractivity contribution is 0.257. The van der Waals surface area contributed by atoms with Crippen LogP contribution in [0.3, 0.4) is 0 Å². The first-order valence-electron chi connectivity index (χ1n) is 5.50. The molecule has 0 fully saturated rings. The quantitative estimate of drug-likeness (QED) is 0.729. The van der Waals surface area contributed by atoms with Crippen molar-refractivity contribution in [3.8, 4) is 0 Å².